The highest BCUT2D eigenvalue weighted by atomic mass is 16.2. The molecule has 2 amide bonds. The van der Waals surface area contributed by atoms with Crippen LogP contribution in [0.3, 0.4) is 0 Å². The van der Waals surface area contributed by atoms with Crippen LogP contribution in [0.25, 0.3) is 0 Å². The lowest BCUT2D eigenvalue weighted by Crippen LogP contribution is -2.35. The third kappa shape index (κ3) is 1.50. The van der Waals surface area contributed by atoms with Crippen molar-refractivity contribution < 1.29 is 9.59 Å². The van der Waals surface area contributed by atoms with Crippen molar-refractivity contribution >= 4 is 11.8 Å². The van der Waals surface area contributed by atoms with E-state index in [4.69, 9.17) is 0 Å². The molecule has 0 radical (unpaired) electrons. The van der Waals surface area contributed by atoms with Crippen molar-refractivity contribution in [2.24, 2.45) is 5.41 Å². The van der Waals surface area contributed by atoms with Gasteiger partial charge in [-0.1, -0.05) is 20.4 Å². The molecule has 3 nitrogen and oxygen atoms in total. The number of nitrogens with zero attached hydrogens (tertiary/aromatic N) is 1. The van der Waals surface area contributed by atoms with E-state index in [-0.39, 0.29) is 17.2 Å². The first-order chi connectivity index (χ1) is 6.05. The molecule has 0 bridgehead atoms. The molecule has 1 aliphatic rings. The maximum atomic E-state index is 11.7. The van der Waals surface area contributed by atoms with Gasteiger partial charge in [-0.3, -0.25) is 14.5 Å². The van der Waals surface area contributed by atoms with Gasteiger partial charge >= 0.3 is 0 Å². The van der Waals surface area contributed by atoms with Crippen LogP contribution in [0.15, 0.2) is 12.7 Å². The molecule has 1 saturated heterocycles. The van der Waals surface area contributed by atoms with E-state index in [1.807, 2.05) is 13.8 Å². The minimum Gasteiger partial charge on any atom is -0.279 e. The number of imide groups is 1. The second-order valence-corrected chi connectivity index (χ2v) is 3.66. The maximum Gasteiger partial charge on any atom is 0.252 e. The van der Waals surface area contributed by atoms with Crippen LogP contribution in [0.1, 0.15) is 26.7 Å². The zero-order valence-electron chi connectivity index (χ0n) is 8.17. The average Bonchev–Trinajstić information content (AvgIpc) is 2.44. The quantitative estimate of drug-likeness (QED) is 0.603. The minimum absolute atomic E-state index is 0.0556. The first kappa shape index (κ1) is 9.96. The standard InChI is InChI=1S/C10H15NO2/c1-4-8(12)11-7-6-10(3,5-2)9(11)13/h4H,1,5-7H2,2-3H3. The van der Waals surface area contributed by atoms with Gasteiger partial charge in [0.2, 0.25) is 5.91 Å². The lowest BCUT2D eigenvalue weighted by atomic mass is 9.86. The van der Waals surface area contributed by atoms with Gasteiger partial charge in [0.15, 0.2) is 0 Å². The fourth-order valence-electron chi connectivity index (χ4n) is 1.54. The fourth-order valence-corrected chi connectivity index (χ4v) is 1.54. The Kier molecular flexibility index (Phi) is 2.55. The highest BCUT2D eigenvalue weighted by Crippen LogP contribution is 2.34. The molecule has 1 unspecified atom stereocenters. The molecule has 72 valence electrons. The SMILES string of the molecule is C=CC(=O)N1CCC(C)(CC)C1=O. The van der Waals surface area contributed by atoms with Crippen molar-refractivity contribution in [2.75, 3.05) is 6.54 Å². The maximum absolute atomic E-state index is 11.7. The Hall–Kier alpha value is -1.12. The van der Waals surface area contributed by atoms with Crippen LogP contribution in [0.4, 0.5) is 0 Å². The number of carbonyl (C=O) groups excluding carboxylic acids is 2. The molecule has 0 spiro atoms. The van der Waals surface area contributed by atoms with Gasteiger partial charge in [-0.2, -0.15) is 0 Å². The summed E-state index contributed by atoms with van der Waals surface area (Å²) in [5.41, 5.74) is -0.335. The van der Waals surface area contributed by atoms with E-state index in [9.17, 15) is 9.59 Å². The van der Waals surface area contributed by atoms with Crippen LogP contribution in [0.5, 0.6) is 0 Å². The Labute approximate surface area is 78.4 Å². The summed E-state index contributed by atoms with van der Waals surface area (Å²) in [5.74, 6) is -0.331. The molecule has 0 aromatic rings. The molecule has 0 N–H and O–H groups in total. The van der Waals surface area contributed by atoms with Crippen LogP contribution >= 0.6 is 0 Å². The summed E-state index contributed by atoms with van der Waals surface area (Å²) in [5, 5.41) is 0. The normalized spacial score (nSPS) is 27.8. The molecule has 1 rings (SSSR count). The summed E-state index contributed by atoms with van der Waals surface area (Å²) in [6.45, 7) is 7.79. The highest BCUT2D eigenvalue weighted by Gasteiger charge is 2.42. The third-order valence-electron chi connectivity index (χ3n) is 2.87. The van der Waals surface area contributed by atoms with E-state index in [2.05, 4.69) is 6.58 Å². The Morgan fingerprint density at radius 2 is 2.38 bits per heavy atom. The zero-order valence-corrected chi connectivity index (χ0v) is 8.17. The topological polar surface area (TPSA) is 37.4 Å². The van der Waals surface area contributed by atoms with Crippen LogP contribution in [-0.4, -0.2) is 23.3 Å². The molecule has 3 heteroatoms. The van der Waals surface area contributed by atoms with Crippen molar-refractivity contribution in [1.82, 2.24) is 4.90 Å². The van der Waals surface area contributed by atoms with Crippen LogP contribution < -0.4 is 0 Å². The van der Waals surface area contributed by atoms with Gasteiger partial charge in [0.1, 0.15) is 0 Å². The first-order valence-corrected chi connectivity index (χ1v) is 4.53. The van der Waals surface area contributed by atoms with E-state index >= 15 is 0 Å². The summed E-state index contributed by atoms with van der Waals surface area (Å²) in [4.78, 5) is 24.2. The third-order valence-corrected chi connectivity index (χ3v) is 2.87. The van der Waals surface area contributed by atoms with Crippen LogP contribution in [0, 0.1) is 5.41 Å². The Balaban J connectivity index is 2.82. The van der Waals surface area contributed by atoms with Gasteiger partial charge < -0.3 is 0 Å². The van der Waals surface area contributed by atoms with E-state index < -0.39 is 0 Å². The Morgan fingerprint density at radius 1 is 1.77 bits per heavy atom. The van der Waals surface area contributed by atoms with Gasteiger partial charge in [-0.25, -0.2) is 0 Å². The molecule has 0 aliphatic carbocycles. The molecule has 0 aromatic heterocycles. The van der Waals surface area contributed by atoms with E-state index in [1.165, 1.54) is 11.0 Å². The second kappa shape index (κ2) is 3.32. The van der Waals surface area contributed by atoms with Gasteiger partial charge in [-0.05, 0) is 18.9 Å². The van der Waals surface area contributed by atoms with E-state index in [0.717, 1.165) is 12.8 Å². The lowest BCUT2D eigenvalue weighted by molar-refractivity contribution is -0.143. The summed E-state index contributed by atoms with van der Waals surface area (Å²) < 4.78 is 0. The predicted octanol–water partition coefficient (Wildman–Crippen LogP) is 1.35. The Bertz CT molecular complexity index is 260. The van der Waals surface area contributed by atoms with Gasteiger partial charge in [0.05, 0.1) is 0 Å². The number of rotatable bonds is 2. The number of hydrogen-bond donors (Lipinski definition) is 0. The molecule has 1 fully saturated rings. The predicted molar refractivity (Wildman–Crippen MR) is 49.9 cm³/mol. The summed E-state index contributed by atoms with van der Waals surface area (Å²) >= 11 is 0. The van der Waals surface area contributed by atoms with Gasteiger partial charge in [-0.15, -0.1) is 0 Å². The van der Waals surface area contributed by atoms with E-state index in [0.29, 0.717) is 6.54 Å². The number of likely N-dealkylation sites (tertiary alicyclic amines) is 1. The average molecular weight is 181 g/mol. The number of carbonyl (C=O) groups is 2. The zero-order chi connectivity index (χ0) is 10.1. The molecule has 1 aliphatic heterocycles. The van der Waals surface area contributed by atoms with Crippen molar-refractivity contribution in [3.8, 4) is 0 Å². The van der Waals surface area contributed by atoms with Crippen molar-refractivity contribution in [2.45, 2.75) is 26.7 Å². The molecule has 1 heterocycles. The van der Waals surface area contributed by atoms with Crippen LogP contribution in [-0.2, 0) is 9.59 Å². The fraction of sp³-hybridized carbons (Fsp3) is 0.600. The van der Waals surface area contributed by atoms with E-state index in [1.54, 1.807) is 0 Å². The summed E-state index contributed by atoms with van der Waals surface area (Å²) in [6, 6.07) is 0. The van der Waals surface area contributed by atoms with Crippen molar-refractivity contribution in [3.05, 3.63) is 12.7 Å². The first-order valence-electron chi connectivity index (χ1n) is 4.53. The van der Waals surface area contributed by atoms with Crippen molar-refractivity contribution in [3.63, 3.8) is 0 Å². The molecular weight excluding hydrogens is 166 g/mol. The molecule has 0 saturated carbocycles. The highest BCUT2D eigenvalue weighted by molar-refractivity contribution is 6.03. The van der Waals surface area contributed by atoms with Crippen LogP contribution in [0.2, 0.25) is 0 Å². The number of hydrogen-bond acceptors (Lipinski definition) is 2. The molecule has 0 aromatic carbocycles. The van der Waals surface area contributed by atoms with Gasteiger partial charge in [0, 0.05) is 12.0 Å². The molecule has 1 atom stereocenters. The summed E-state index contributed by atoms with van der Waals surface area (Å²) in [7, 11) is 0. The minimum atomic E-state index is -0.335. The largest absolute Gasteiger partial charge is 0.279 e. The number of amides is 2. The molecule has 13 heavy (non-hydrogen) atoms. The monoisotopic (exact) mass is 181 g/mol. The van der Waals surface area contributed by atoms with Crippen molar-refractivity contribution in [1.29, 1.82) is 0 Å². The second-order valence-electron chi connectivity index (χ2n) is 3.66. The Morgan fingerprint density at radius 3 is 2.77 bits per heavy atom. The summed E-state index contributed by atoms with van der Waals surface area (Å²) in [6.07, 6.45) is 2.74. The lowest BCUT2D eigenvalue weighted by Gasteiger charge is -2.19. The molecular formula is C10H15NO2. The smallest absolute Gasteiger partial charge is 0.252 e. The van der Waals surface area contributed by atoms with Gasteiger partial charge in [0.25, 0.3) is 5.91 Å².